The zero-order valence-electron chi connectivity index (χ0n) is 15.9. The van der Waals surface area contributed by atoms with E-state index < -0.39 is 35.4 Å². The van der Waals surface area contributed by atoms with Crippen LogP contribution in [0.15, 0.2) is 60.7 Å². The van der Waals surface area contributed by atoms with Crippen molar-refractivity contribution < 1.29 is 24.2 Å². The molecule has 8 heteroatoms. The molecule has 7 nitrogen and oxygen atoms in total. The summed E-state index contributed by atoms with van der Waals surface area (Å²) in [5.74, 6) is -1.25. The van der Waals surface area contributed by atoms with Gasteiger partial charge in [-0.05, 0) is 18.1 Å². The van der Waals surface area contributed by atoms with Gasteiger partial charge in [0, 0.05) is 5.75 Å². The number of amides is 2. The van der Waals surface area contributed by atoms with Crippen molar-refractivity contribution in [1.29, 1.82) is 0 Å². The second-order valence-corrected chi connectivity index (χ2v) is 7.74. The van der Waals surface area contributed by atoms with Crippen molar-refractivity contribution in [2.24, 2.45) is 0 Å². The number of rotatable bonds is 6. The number of carbonyl (C=O) groups excluding carboxylic acids is 2. The third kappa shape index (κ3) is 5.08. The van der Waals surface area contributed by atoms with Crippen LogP contribution in [0.2, 0.25) is 0 Å². The van der Waals surface area contributed by atoms with E-state index in [0.29, 0.717) is 0 Å². The molecule has 1 fully saturated rings. The van der Waals surface area contributed by atoms with E-state index >= 15 is 0 Å². The van der Waals surface area contributed by atoms with Crippen molar-refractivity contribution >= 4 is 29.7 Å². The molecule has 0 bridgehead atoms. The van der Waals surface area contributed by atoms with Gasteiger partial charge in [0.15, 0.2) is 0 Å². The van der Waals surface area contributed by atoms with Crippen molar-refractivity contribution in [1.82, 2.24) is 10.2 Å². The van der Waals surface area contributed by atoms with Crippen LogP contribution in [0.25, 0.3) is 0 Å². The molecule has 0 aromatic heterocycles. The number of benzene rings is 2. The number of nitrogens with one attached hydrogen (secondary N) is 1. The van der Waals surface area contributed by atoms with Crippen LogP contribution in [0.3, 0.4) is 0 Å². The number of hydrogen-bond acceptors (Lipinski definition) is 5. The first-order valence-corrected chi connectivity index (χ1v) is 10.2. The van der Waals surface area contributed by atoms with E-state index in [1.165, 1.54) is 23.6 Å². The lowest BCUT2D eigenvalue weighted by Gasteiger charge is -2.30. The molecular formula is C21H22N2O5S. The average Bonchev–Trinajstić information content (AvgIpc) is 3.18. The summed E-state index contributed by atoms with van der Waals surface area (Å²) in [7, 11) is 0. The first-order chi connectivity index (χ1) is 14.0. The molecule has 0 radical (unpaired) electrons. The van der Waals surface area contributed by atoms with Crippen LogP contribution in [0.5, 0.6) is 0 Å². The highest BCUT2D eigenvalue weighted by Crippen LogP contribution is 2.41. The maximum atomic E-state index is 13.0. The van der Waals surface area contributed by atoms with Gasteiger partial charge in [0.1, 0.15) is 24.1 Å². The molecule has 2 aromatic rings. The van der Waals surface area contributed by atoms with E-state index in [2.05, 4.69) is 5.32 Å². The molecule has 3 atom stereocenters. The summed E-state index contributed by atoms with van der Waals surface area (Å²) >= 11 is 1.39. The van der Waals surface area contributed by atoms with E-state index in [1.807, 2.05) is 60.7 Å². The third-order valence-electron chi connectivity index (χ3n) is 4.54. The zero-order chi connectivity index (χ0) is 20.8. The maximum Gasteiger partial charge on any atom is 0.408 e. The fourth-order valence-corrected chi connectivity index (χ4v) is 4.50. The highest BCUT2D eigenvalue weighted by atomic mass is 32.2. The minimum absolute atomic E-state index is 0.0809. The molecule has 2 amide bonds. The second-order valence-electron chi connectivity index (χ2n) is 6.62. The van der Waals surface area contributed by atoms with Gasteiger partial charge in [0.2, 0.25) is 5.91 Å². The SMILES string of the molecule is C[C@H](NC(=O)OCc1ccccc1)C(=O)N1C(c2ccccc2)SC[C@H]1C(=O)O. The van der Waals surface area contributed by atoms with Gasteiger partial charge >= 0.3 is 12.1 Å². The highest BCUT2D eigenvalue weighted by molar-refractivity contribution is 7.99. The Balaban J connectivity index is 1.66. The van der Waals surface area contributed by atoms with Gasteiger partial charge in [0.25, 0.3) is 0 Å². The summed E-state index contributed by atoms with van der Waals surface area (Å²) in [4.78, 5) is 38.1. The minimum Gasteiger partial charge on any atom is -0.480 e. The maximum absolute atomic E-state index is 13.0. The summed E-state index contributed by atoms with van der Waals surface area (Å²) in [6.45, 7) is 1.60. The van der Waals surface area contributed by atoms with Crippen molar-refractivity contribution in [3.63, 3.8) is 0 Å². The highest BCUT2D eigenvalue weighted by Gasteiger charge is 2.43. The van der Waals surface area contributed by atoms with Crippen molar-refractivity contribution in [3.8, 4) is 0 Å². The molecule has 1 heterocycles. The number of hydrogen-bond donors (Lipinski definition) is 2. The molecule has 1 saturated heterocycles. The topological polar surface area (TPSA) is 95.9 Å². The number of nitrogens with zero attached hydrogens (tertiary/aromatic N) is 1. The van der Waals surface area contributed by atoms with Gasteiger partial charge in [-0.2, -0.15) is 0 Å². The summed E-state index contributed by atoms with van der Waals surface area (Å²) in [5, 5.41) is 11.6. The lowest BCUT2D eigenvalue weighted by atomic mass is 10.1. The molecule has 1 aliphatic heterocycles. The fourth-order valence-electron chi connectivity index (χ4n) is 3.07. The summed E-state index contributed by atoms with van der Waals surface area (Å²) in [6, 6.07) is 16.6. The number of thioether (sulfide) groups is 1. The van der Waals surface area contributed by atoms with Crippen LogP contribution in [0.1, 0.15) is 23.4 Å². The monoisotopic (exact) mass is 414 g/mol. The van der Waals surface area contributed by atoms with Gasteiger partial charge in [-0.1, -0.05) is 60.7 Å². The lowest BCUT2D eigenvalue weighted by molar-refractivity contribution is -0.149. The molecule has 0 spiro atoms. The smallest absolute Gasteiger partial charge is 0.408 e. The number of carboxylic acid groups (broad SMARTS) is 1. The quantitative estimate of drug-likeness (QED) is 0.754. The summed E-state index contributed by atoms with van der Waals surface area (Å²) in [5.41, 5.74) is 1.67. The predicted molar refractivity (Wildman–Crippen MR) is 109 cm³/mol. The predicted octanol–water partition coefficient (Wildman–Crippen LogP) is 3.03. The number of carboxylic acids is 1. The van der Waals surface area contributed by atoms with Crippen molar-refractivity contribution in [2.45, 2.75) is 31.0 Å². The molecule has 2 N–H and O–H groups in total. The molecule has 1 aliphatic rings. The first-order valence-electron chi connectivity index (χ1n) is 9.16. The zero-order valence-corrected chi connectivity index (χ0v) is 16.7. The van der Waals surface area contributed by atoms with Crippen LogP contribution in [0, 0.1) is 0 Å². The normalized spacial score (nSPS) is 19.4. The number of aliphatic carboxylic acids is 1. The van der Waals surface area contributed by atoms with E-state index in [9.17, 15) is 19.5 Å². The van der Waals surface area contributed by atoms with Crippen molar-refractivity contribution in [3.05, 3.63) is 71.8 Å². The van der Waals surface area contributed by atoms with Crippen LogP contribution in [0.4, 0.5) is 4.79 Å². The molecule has 0 saturated carbocycles. The Hall–Kier alpha value is -3.00. The Morgan fingerprint density at radius 2 is 1.76 bits per heavy atom. The van der Waals surface area contributed by atoms with Crippen LogP contribution >= 0.6 is 11.8 Å². The fraction of sp³-hybridized carbons (Fsp3) is 0.286. The summed E-state index contributed by atoms with van der Waals surface area (Å²) in [6.07, 6.45) is -0.732. The molecule has 0 aliphatic carbocycles. The molecule has 152 valence electrons. The van der Waals surface area contributed by atoms with E-state index in [1.54, 1.807) is 0 Å². The van der Waals surface area contributed by atoms with E-state index in [0.717, 1.165) is 11.1 Å². The molecule has 2 aromatic carbocycles. The molecular weight excluding hydrogens is 392 g/mol. The van der Waals surface area contributed by atoms with Crippen LogP contribution < -0.4 is 5.32 Å². The van der Waals surface area contributed by atoms with E-state index in [-0.39, 0.29) is 12.4 Å². The van der Waals surface area contributed by atoms with E-state index in [4.69, 9.17) is 4.74 Å². The van der Waals surface area contributed by atoms with Crippen LogP contribution in [-0.2, 0) is 20.9 Å². The average molecular weight is 414 g/mol. The van der Waals surface area contributed by atoms with Gasteiger partial charge in [-0.25, -0.2) is 9.59 Å². The minimum atomic E-state index is -1.07. The standard InChI is InChI=1S/C21H22N2O5S/c1-14(22-21(27)28-12-15-8-4-2-5-9-15)18(24)23-17(20(25)26)13-29-19(23)16-10-6-3-7-11-16/h2-11,14,17,19H,12-13H2,1H3,(H,22,27)(H,25,26)/t14-,17-,19?/m0/s1. The number of ether oxygens (including phenoxy) is 1. The Morgan fingerprint density at radius 1 is 1.14 bits per heavy atom. The van der Waals surface area contributed by atoms with Gasteiger partial charge in [-0.15, -0.1) is 11.8 Å². The Morgan fingerprint density at radius 3 is 2.38 bits per heavy atom. The third-order valence-corrected chi connectivity index (χ3v) is 5.87. The lowest BCUT2D eigenvalue weighted by Crippen LogP contribution is -2.51. The van der Waals surface area contributed by atoms with Crippen molar-refractivity contribution in [2.75, 3.05) is 5.75 Å². The molecule has 29 heavy (non-hydrogen) atoms. The Labute approximate surface area is 173 Å². The van der Waals surface area contributed by atoms with Crippen LogP contribution in [-0.4, -0.2) is 45.8 Å². The second kappa shape index (κ2) is 9.47. The Bertz CT molecular complexity index is 862. The number of alkyl carbamates (subject to hydrolysis) is 1. The molecule has 1 unspecified atom stereocenters. The Kier molecular flexibility index (Phi) is 6.77. The molecule has 3 rings (SSSR count). The van der Waals surface area contributed by atoms with Gasteiger partial charge in [0.05, 0.1) is 0 Å². The van der Waals surface area contributed by atoms with Gasteiger partial charge in [-0.3, -0.25) is 4.79 Å². The number of carbonyl (C=O) groups is 3. The first kappa shape index (κ1) is 20.7. The van der Waals surface area contributed by atoms with Gasteiger partial charge < -0.3 is 20.1 Å². The largest absolute Gasteiger partial charge is 0.480 e. The summed E-state index contributed by atoms with van der Waals surface area (Å²) < 4.78 is 5.15.